The van der Waals surface area contributed by atoms with E-state index >= 15 is 0 Å². The normalized spacial score (nSPS) is 13.9. The molecular formula is C78H87N21O30S. The summed E-state index contributed by atoms with van der Waals surface area (Å²) < 4.78 is 32.9. The molecular weight excluding hydrogens is 1740 g/mol. The first-order valence-corrected chi connectivity index (χ1v) is 39.7. The van der Waals surface area contributed by atoms with Crippen molar-refractivity contribution in [2.24, 2.45) is 5.73 Å². The van der Waals surface area contributed by atoms with Gasteiger partial charge < -0.3 is 141 Å². The van der Waals surface area contributed by atoms with E-state index in [-0.39, 0.29) is 127 Å². The molecule has 1 spiro atoms. The molecule has 9 rings (SSSR count). The van der Waals surface area contributed by atoms with E-state index in [0.29, 0.717) is 40.2 Å². The van der Waals surface area contributed by atoms with E-state index in [9.17, 15) is 122 Å². The molecule has 0 bridgehead atoms. The molecule has 51 nitrogen and oxygen atoms in total. The average molecular weight is 1830 g/mol. The lowest BCUT2D eigenvalue weighted by Gasteiger charge is -2.36. The molecule has 5 heterocycles. The molecule has 0 saturated carbocycles. The number of carboxylic acid groups (broad SMARTS) is 7. The van der Waals surface area contributed by atoms with Gasteiger partial charge in [-0.25, -0.2) is 29.1 Å². The number of nitrogens with zero attached hydrogens (tertiary/aromatic N) is 7. The summed E-state index contributed by atoms with van der Waals surface area (Å²) in [5, 5.41) is 124. The molecule has 0 fully saturated rings. The van der Waals surface area contributed by atoms with Crippen LogP contribution in [0.3, 0.4) is 0 Å². The zero-order chi connectivity index (χ0) is 96.2. The number of benzene rings is 4. The van der Waals surface area contributed by atoms with E-state index in [1.165, 1.54) is 71.7 Å². The maximum atomic E-state index is 14.6. The molecule has 9 amide bonds. The Morgan fingerprint density at radius 3 is 1.62 bits per heavy atom. The maximum Gasteiger partial charge on any atom is 0.407 e. The number of nitrogen functional groups attached to an aromatic ring is 1. The third-order valence-corrected chi connectivity index (χ3v) is 19.6. The summed E-state index contributed by atoms with van der Waals surface area (Å²) in [6.07, 6.45) is -7.14. The fraction of sp³-hybridized carbons (Fsp3) is 0.359. The second kappa shape index (κ2) is 45.0. The van der Waals surface area contributed by atoms with Gasteiger partial charge in [-0.05, 0) is 118 Å². The Balaban J connectivity index is 0.824. The SMILES string of the molecule is [2H]OC(=O)C[C@H](NC(=O)[C@@H](CC(=O)O[2H])NC(=O)[C@H](CCCn1cc(CCOC(=O)NCCNC(=S)Nc2ccc3c(c2)C(=O)OC32c3ccc(O)cc3Oc3cc(O)ccc32)nn1)NC(=O)[C@@H](CC(=O)O)NC(=O)[C@@H](CC(=O)O)NC(=O)[C@@H](CC(=O)O)NC(=O)CC[C@H](NC(=O)c1ccc(NCc2cnc3nc(N)nc(O)c3n2)cc1)C(=O)O)C(=O)N[C@@H](CCCCN)C(=O)O. The molecule has 3 aromatic heterocycles. The monoisotopic (exact) mass is 1830 g/mol. The van der Waals surface area contributed by atoms with E-state index in [4.69, 9.17) is 40.8 Å². The molecule has 690 valence electrons. The minimum absolute atomic E-state index is 0.0296. The summed E-state index contributed by atoms with van der Waals surface area (Å²) >= 11 is 5.47. The number of esters is 1. The van der Waals surface area contributed by atoms with E-state index < -0.39 is 212 Å². The van der Waals surface area contributed by atoms with E-state index in [0.717, 1.165) is 0 Å². The molecule has 4 aromatic carbocycles. The van der Waals surface area contributed by atoms with Crippen LogP contribution in [-0.2, 0) is 102 Å². The number of carbonyl (C=O) groups is 17. The number of ether oxygens (including phenoxy) is 3. The number of phenolic OH excluding ortho intramolecular Hbond substituents is 2. The average Bonchev–Trinajstić information content (AvgIpc) is 1.51. The third-order valence-electron chi connectivity index (χ3n) is 19.4. The van der Waals surface area contributed by atoms with Crippen LogP contribution < -0.4 is 80.0 Å². The number of carboxylic acids is 7. The molecule has 2 aliphatic heterocycles. The number of nitrogens with one attached hydrogen (secondary N) is 12. The largest absolute Gasteiger partial charge is 0.508 e. The lowest BCUT2D eigenvalue weighted by Crippen LogP contribution is -2.60. The second-order valence-electron chi connectivity index (χ2n) is 28.9. The van der Waals surface area contributed by atoms with Crippen LogP contribution in [0.1, 0.15) is 126 Å². The standard InChI is InChI=1S/C78H87N21O30S/c79-19-2-1-4-47(72(121)122)90-68(117)51(29-59(107)108)94-69(118)52(30-60(109)110)91-65(114)46(5-3-22-99-34-38(97-98-99)18-23-127-77(126)82-21-20-81-76(130)86-37-10-13-43-42(24-37)74(125)129-78(43)44-14-11-40(100)25-54(44)128-55-26-41(101)12-15-45(55)78)88-67(116)50(28-58(105)106)93-70(119)53(31-61(111)112)92-66(115)49(27-57(103)104)87-56(102)17-16-48(73(123)124)89-64(113)35-6-8-36(9-7-35)83-32-39-33-84-63-62(85-39)71(120)96-75(80)95-63/h6-15,24-26,33-34,46-53,83,100-101H,1-5,16-23,27-32,79H2,(H,82,126)(H,87,102)(H,88,116)(H,89,113)(H,90,117)(H,91,114)(H,92,115)(H,93,119)(H,94,118)(H,103,104)(H,105,106)(H,107,108)(H,109,110)(H,111,112)(H,121,122)(H,123,124)(H2,81,86,130)(H3,80,84,95,96,120)/t46-,47-,48-,49+,50+,51-,52+,53+/m0/s1/i/hD2. The van der Waals surface area contributed by atoms with Gasteiger partial charge in [0.1, 0.15) is 71.3 Å². The van der Waals surface area contributed by atoms with Crippen LogP contribution in [0.4, 0.5) is 22.1 Å². The predicted octanol–water partition coefficient (Wildman–Crippen LogP) is -2.43. The van der Waals surface area contributed by atoms with Gasteiger partial charge >= 0.3 is 53.8 Å². The van der Waals surface area contributed by atoms with Gasteiger partial charge in [0.2, 0.25) is 53.2 Å². The Kier molecular flexibility index (Phi) is 32.7. The van der Waals surface area contributed by atoms with Crippen LogP contribution in [0.25, 0.3) is 14.0 Å². The highest BCUT2D eigenvalue weighted by atomic mass is 32.1. The number of alkyl carbamates (subject to hydrolysis) is 1. The Hall–Kier alpha value is -16.3. The minimum Gasteiger partial charge on any atom is -0.508 e. The molecule has 0 radical (unpaired) electrons. The topological polar surface area (TPSA) is 799 Å². The van der Waals surface area contributed by atoms with Crippen molar-refractivity contribution < 1.29 is 147 Å². The number of thiocarbonyl (C=S) groups is 1. The summed E-state index contributed by atoms with van der Waals surface area (Å²) in [7, 11) is 0. The number of aliphatic carboxylic acids is 7. The lowest BCUT2D eigenvalue weighted by molar-refractivity contribution is -0.145. The van der Waals surface area contributed by atoms with Crippen LogP contribution in [0, 0.1) is 0 Å². The molecule has 8 atom stereocenters. The van der Waals surface area contributed by atoms with Gasteiger partial charge in [0.05, 0.1) is 68.4 Å². The second-order valence-corrected chi connectivity index (χ2v) is 29.3. The smallest absolute Gasteiger partial charge is 0.407 e. The minimum atomic E-state index is -2.40. The van der Waals surface area contributed by atoms with Gasteiger partial charge in [0, 0.05) is 84.4 Å². The quantitative estimate of drug-likeness (QED) is 0.0107. The Morgan fingerprint density at radius 1 is 0.554 bits per heavy atom. The van der Waals surface area contributed by atoms with Crippen molar-refractivity contribution in [2.75, 3.05) is 42.6 Å². The van der Waals surface area contributed by atoms with Gasteiger partial charge in [0.25, 0.3) is 8.77 Å². The number of anilines is 3. The zero-order valence-corrected chi connectivity index (χ0v) is 68.8. The van der Waals surface area contributed by atoms with Crippen LogP contribution in [0.2, 0.25) is 0 Å². The Labute approximate surface area is 739 Å². The Bertz CT molecular complexity index is 5530. The zero-order valence-electron chi connectivity index (χ0n) is 70.0. The number of carbonyl (C=O) groups excluding carboxylic acids is 10. The number of nitrogens with two attached hydrogens (primary N) is 2. The molecule has 130 heavy (non-hydrogen) atoms. The number of phenols is 2. The van der Waals surface area contributed by atoms with Gasteiger partial charge in [-0.1, -0.05) is 11.3 Å². The van der Waals surface area contributed by atoms with E-state index in [1.54, 1.807) is 24.3 Å². The maximum absolute atomic E-state index is 14.6. The highest BCUT2D eigenvalue weighted by Gasteiger charge is 2.54. The van der Waals surface area contributed by atoms with E-state index in [2.05, 4.69) is 83.0 Å². The van der Waals surface area contributed by atoms with Crippen molar-refractivity contribution in [1.82, 2.24) is 88.1 Å². The van der Waals surface area contributed by atoms with Crippen molar-refractivity contribution in [1.29, 1.82) is 2.86 Å². The van der Waals surface area contributed by atoms with Gasteiger partial charge in [-0.15, -0.1) is 5.10 Å². The van der Waals surface area contributed by atoms with Crippen LogP contribution in [-0.4, -0.2) is 267 Å². The summed E-state index contributed by atoms with van der Waals surface area (Å²) in [5.74, 6) is -24.7. The lowest BCUT2D eigenvalue weighted by atomic mass is 9.77. The number of aryl methyl sites for hydroxylation is 1. The van der Waals surface area contributed by atoms with Crippen LogP contribution in [0.5, 0.6) is 28.9 Å². The molecule has 0 aliphatic carbocycles. The molecule has 0 saturated heterocycles. The van der Waals surface area contributed by atoms with Crippen molar-refractivity contribution in [3.8, 4) is 28.9 Å². The molecule has 52 heteroatoms. The van der Waals surface area contributed by atoms with Crippen molar-refractivity contribution >= 4 is 147 Å². The van der Waals surface area contributed by atoms with Gasteiger partial charge in [-0.2, -0.15) is 9.97 Å². The van der Waals surface area contributed by atoms with Crippen LogP contribution in [0.15, 0.2) is 91.3 Å². The number of amides is 9. The number of rotatable bonds is 48. The summed E-state index contributed by atoms with van der Waals surface area (Å²) in [6, 6.07) is 1.94. The van der Waals surface area contributed by atoms with Crippen molar-refractivity contribution in [3.05, 3.63) is 130 Å². The number of aromatic hydroxyl groups is 3. The molecule has 2 aliphatic rings. The van der Waals surface area contributed by atoms with E-state index in [1.807, 2.05) is 21.3 Å². The van der Waals surface area contributed by atoms with Crippen molar-refractivity contribution in [2.45, 2.75) is 150 Å². The molecule has 0 unspecified atom stereocenters. The number of fused-ring (bicyclic) bond motifs is 7. The van der Waals surface area contributed by atoms with Gasteiger partial charge in [0.15, 0.2) is 21.9 Å². The summed E-state index contributed by atoms with van der Waals surface area (Å²) in [6.45, 7) is -0.343. The number of hydrogen-bond acceptors (Lipinski definition) is 35. The summed E-state index contributed by atoms with van der Waals surface area (Å²) in [5.41, 5.74) is 12.2. The first-order chi connectivity index (χ1) is 62.8. The first-order valence-electron chi connectivity index (χ1n) is 40.1. The highest BCUT2D eigenvalue weighted by molar-refractivity contribution is 7.80. The van der Waals surface area contributed by atoms with Crippen molar-refractivity contribution in [3.63, 3.8) is 0 Å². The third kappa shape index (κ3) is 27.3. The highest BCUT2D eigenvalue weighted by Crippen LogP contribution is 2.57. The number of unbranched alkanes of at least 4 members (excludes halogenated alkanes) is 1. The predicted molar refractivity (Wildman–Crippen MR) is 443 cm³/mol. The van der Waals surface area contributed by atoms with Crippen LogP contribution >= 0.6 is 12.2 Å². The fourth-order valence-corrected chi connectivity index (χ4v) is 13.4. The first kappa shape index (κ1) is 94.4. The van der Waals surface area contributed by atoms with Gasteiger partial charge in [-0.3, -0.25) is 67.0 Å². The number of hydrogen-bond donors (Lipinski definition) is 24. The summed E-state index contributed by atoms with van der Waals surface area (Å²) in [4.78, 5) is 240. The Morgan fingerprint density at radius 2 is 1.06 bits per heavy atom. The molecule has 7 aromatic rings. The number of aromatic nitrogens is 7. The molecule has 26 N–H and O–H groups in total. The fourth-order valence-electron chi connectivity index (χ4n) is 13.2.